The van der Waals surface area contributed by atoms with E-state index in [2.05, 4.69) is 10.2 Å². The second kappa shape index (κ2) is 5.19. The quantitative estimate of drug-likeness (QED) is 0.901. The van der Waals surface area contributed by atoms with Crippen LogP contribution in [0.25, 0.3) is 0 Å². The fourth-order valence-corrected chi connectivity index (χ4v) is 5.26. The summed E-state index contributed by atoms with van der Waals surface area (Å²) >= 11 is 1.17. The zero-order valence-corrected chi connectivity index (χ0v) is 12.5. The molecule has 108 valence electrons. The number of anilines is 1. The summed E-state index contributed by atoms with van der Waals surface area (Å²) in [5.74, 6) is 0.179. The standard InChI is InChI=1S/C12H16N4O2S2/c13-10-6-12(19-8-10)20(17,18)16-5-1-2-9(7-16)11-3-4-14-15-11/h3-4,6,8-9H,1-2,5,7,13H2,(H,14,15). The Bertz CT molecular complexity index is 678. The van der Waals surface area contributed by atoms with Crippen LogP contribution in [0, 0.1) is 0 Å². The van der Waals surface area contributed by atoms with Gasteiger partial charge in [0.25, 0.3) is 10.0 Å². The lowest BCUT2D eigenvalue weighted by atomic mass is 9.96. The van der Waals surface area contributed by atoms with E-state index < -0.39 is 10.0 Å². The van der Waals surface area contributed by atoms with Crippen LogP contribution in [0.2, 0.25) is 0 Å². The number of aromatic amines is 1. The summed E-state index contributed by atoms with van der Waals surface area (Å²) in [6.07, 6.45) is 3.52. The minimum atomic E-state index is -3.43. The van der Waals surface area contributed by atoms with Crippen molar-refractivity contribution in [1.29, 1.82) is 0 Å². The molecule has 1 fully saturated rings. The molecule has 0 saturated carbocycles. The van der Waals surface area contributed by atoms with Gasteiger partial charge in [0.2, 0.25) is 0 Å². The van der Waals surface area contributed by atoms with Crippen LogP contribution in [0.4, 0.5) is 5.69 Å². The van der Waals surface area contributed by atoms with Gasteiger partial charge in [0.05, 0.1) is 0 Å². The lowest BCUT2D eigenvalue weighted by molar-refractivity contribution is 0.313. The monoisotopic (exact) mass is 312 g/mol. The third-order valence-corrected chi connectivity index (χ3v) is 6.83. The van der Waals surface area contributed by atoms with Gasteiger partial charge in [0, 0.05) is 42.0 Å². The number of aromatic nitrogens is 2. The molecule has 3 rings (SSSR count). The third-order valence-electron chi connectivity index (χ3n) is 3.54. The molecule has 20 heavy (non-hydrogen) atoms. The first-order chi connectivity index (χ1) is 9.57. The lowest BCUT2D eigenvalue weighted by Gasteiger charge is -2.30. The Hall–Kier alpha value is -1.38. The molecule has 0 bridgehead atoms. The topological polar surface area (TPSA) is 92.1 Å². The zero-order valence-electron chi connectivity index (χ0n) is 10.8. The number of nitrogens with two attached hydrogens (primary N) is 1. The summed E-state index contributed by atoms with van der Waals surface area (Å²) in [6.45, 7) is 1.05. The van der Waals surface area contributed by atoms with Crippen LogP contribution in [-0.4, -0.2) is 36.0 Å². The Labute approximate surface area is 121 Å². The number of hydrogen-bond donors (Lipinski definition) is 2. The summed E-state index contributed by atoms with van der Waals surface area (Å²) in [6, 6.07) is 3.43. The summed E-state index contributed by atoms with van der Waals surface area (Å²) in [5, 5.41) is 8.53. The molecular weight excluding hydrogens is 296 g/mol. The number of thiophene rings is 1. The Morgan fingerprint density at radius 3 is 3.00 bits per heavy atom. The van der Waals surface area contributed by atoms with Crippen LogP contribution >= 0.6 is 11.3 Å². The Balaban J connectivity index is 1.83. The molecule has 1 aliphatic heterocycles. The molecule has 1 saturated heterocycles. The highest BCUT2D eigenvalue weighted by Gasteiger charge is 2.32. The number of piperidine rings is 1. The van der Waals surface area contributed by atoms with Crippen molar-refractivity contribution in [3.8, 4) is 0 Å². The van der Waals surface area contributed by atoms with Gasteiger partial charge in [-0.3, -0.25) is 5.10 Å². The molecule has 0 aliphatic carbocycles. The molecule has 6 nitrogen and oxygen atoms in total. The maximum absolute atomic E-state index is 12.6. The van der Waals surface area contributed by atoms with Crippen molar-refractivity contribution in [2.45, 2.75) is 23.0 Å². The van der Waals surface area contributed by atoms with Crippen LogP contribution in [0.3, 0.4) is 0 Å². The maximum Gasteiger partial charge on any atom is 0.252 e. The van der Waals surface area contributed by atoms with E-state index in [1.165, 1.54) is 17.4 Å². The summed E-state index contributed by atoms with van der Waals surface area (Å²) in [5.41, 5.74) is 7.12. The van der Waals surface area contributed by atoms with Crippen LogP contribution in [0.1, 0.15) is 24.5 Å². The highest BCUT2D eigenvalue weighted by molar-refractivity contribution is 7.91. The van der Waals surface area contributed by atoms with E-state index in [1.807, 2.05) is 6.07 Å². The number of nitrogens with one attached hydrogen (secondary N) is 1. The highest BCUT2D eigenvalue weighted by Crippen LogP contribution is 2.31. The van der Waals surface area contributed by atoms with E-state index in [9.17, 15) is 8.42 Å². The normalized spacial score (nSPS) is 21.1. The van der Waals surface area contributed by atoms with E-state index in [-0.39, 0.29) is 5.92 Å². The average molecular weight is 312 g/mol. The summed E-state index contributed by atoms with van der Waals surface area (Å²) in [4.78, 5) is 0. The summed E-state index contributed by atoms with van der Waals surface area (Å²) < 4.78 is 27.0. The van der Waals surface area contributed by atoms with E-state index in [1.54, 1.807) is 15.9 Å². The van der Waals surface area contributed by atoms with Gasteiger partial charge in [-0.05, 0) is 25.0 Å². The maximum atomic E-state index is 12.6. The zero-order chi connectivity index (χ0) is 14.2. The van der Waals surface area contributed by atoms with E-state index in [4.69, 9.17) is 5.73 Å². The molecule has 1 unspecified atom stereocenters. The molecular formula is C12H16N4O2S2. The summed E-state index contributed by atoms with van der Waals surface area (Å²) in [7, 11) is -3.43. The number of hydrogen-bond acceptors (Lipinski definition) is 5. The molecule has 1 aliphatic rings. The first kappa shape index (κ1) is 13.6. The van der Waals surface area contributed by atoms with Crippen LogP contribution in [-0.2, 0) is 10.0 Å². The van der Waals surface area contributed by atoms with Crippen molar-refractivity contribution in [2.24, 2.45) is 0 Å². The molecule has 2 aromatic rings. The van der Waals surface area contributed by atoms with E-state index in [0.29, 0.717) is 23.0 Å². The lowest BCUT2D eigenvalue weighted by Crippen LogP contribution is -2.38. The minimum Gasteiger partial charge on any atom is -0.398 e. The van der Waals surface area contributed by atoms with Gasteiger partial charge < -0.3 is 5.73 Å². The van der Waals surface area contributed by atoms with E-state index >= 15 is 0 Å². The molecule has 1 atom stereocenters. The number of nitrogens with zero attached hydrogens (tertiary/aromatic N) is 2. The molecule has 0 aromatic carbocycles. The molecule has 0 amide bonds. The SMILES string of the molecule is Nc1csc(S(=O)(=O)N2CCCC(c3ccn[nH]3)C2)c1. The number of nitrogen functional groups attached to an aromatic ring is 1. The van der Waals surface area contributed by atoms with Gasteiger partial charge in [-0.2, -0.15) is 9.40 Å². The van der Waals surface area contributed by atoms with Crippen molar-refractivity contribution in [3.63, 3.8) is 0 Å². The van der Waals surface area contributed by atoms with Crippen LogP contribution in [0.15, 0.2) is 27.9 Å². The third kappa shape index (κ3) is 2.46. The minimum absolute atomic E-state index is 0.179. The van der Waals surface area contributed by atoms with Gasteiger partial charge in [0.15, 0.2) is 0 Å². The van der Waals surface area contributed by atoms with Gasteiger partial charge >= 0.3 is 0 Å². The second-order valence-electron chi connectivity index (χ2n) is 4.91. The Kier molecular flexibility index (Phi) is 3.53. The molecule has 2 aromatic heterocycles. The molecule has 0 radical (unpaired) electrons. The van der Waals surface area contributed by atoms with Crippen molar-refractivity contribution in [2.75, 3.05) is 18.8 Å². The van der Waals surface area contributed by atoms with Gasteiger partial charge in [-0.15, -0.1) is 11.3 Å². The fraction of sp³-hybridized carbons (Fsp3) is 0.417. The largest absolute Gasteiger partial charge is 0.398 e. The first-order valence-electron chi connectivity index (χ1n) is 6.41. The first-order valence-corrected chi connectivity index (χ1v) is 8.73. The van der Waals surface area contributed by atoms with Gasteiger partial charge in [0.1, 0.15) is 4.21 Å². The van der Waals surface area contributed by atoms with Crippen LogP contribution < -0.4 is 5.73 Å². The smallest absolute Gasteiger partial charge is 0.252 e. The van der Waals surface area contributed by atoms with Gasteiger partial charge in [-0.1, -0.05) is 0 Å². The Morgan fingerprint density at radius 2 is 2.35 bits per heavy atom. The van der Waals surface area contributed by atoms with Crippen molar-refractivity contribution >= 4 is 27.0 Å². The van der Waals surface area contributed by atoms with Crippen molar-refractivity contribution < 1.29 is 8.42 Å². The van der Waals surface area contributed by atoms with Crippen molar-refractivity contribution in [1.82, 2.24) is 14.5 Å². The average Bonchev–Trinajstić information content (AvgIpc) is 3.10. The predicted octanol–water partition coefficient (Wildman–Crippen LogP) is 1.62. The van der Waals surface area contributed by atoms with Crippen molar-refractivity contribution in [3.05, 3.63) is 29.4 Å². The second-order valence-corrected chi connectivity index (χ2v) is 7.99. The fourth-order valence-electron chi connectivity index (χ4n) is 2.50. The number of sulfonamides is 1. The molecule has 3 N–H and O–H groups in total. The molecule has 8 heteroatoms. The number of rotatable bonds is 3. The number of H-pyrrole nitrogens is 1. The van der Waals surface area contributed by atoms with Crippen LogP contribution in [0.5, 0.6) is 0 Å². The highest BCUT2D eigenvalue weighted by atomic mass is 32.2. The predicted molar refractivity (Wildman–Crippen MR) is 78.1 cm³/mol. The van der Waals surface area contributed by atoms with E-state index in [0.717, 1.165) is 18.5 Å². The molecule has 0 spiro atoms. The Morgan fingerprint density at radius 1 is 1.50 bits per heavy atom. The molecule has 3 heterocycles. The van der Waals surface area contributed by atoms with Gasteiger partial charge in [-0.25, -0.2) is 8.42 Å².